The van der Waals surface area contributed by atoms with E-state index in [-0.39, 0.29) is 12.8 Å². The summed E-state index contributed by atoms with van der Waals surface area (Å²) < 4.78 is 25.8. The summed E-state index contributed by atoms with van der Waals surface area (Å²) >= 11 is 0. The molecule has 2 unspecified atom stereocenters. The summed E-state index contributed by atoms with van der Waals surface area (Å²) in [6, 6.07) is 19.3. The highest BCUT2D eigenvalue weighted by Crippen LogP contribution is 2.54. The van der Waals surface area contributed by atoms with Crippen molar-refractivity contribution >= 4 is 12.7 Å². The molecule has 0 saturated carbocycles. The van der Waals surface area contributed by atoms with E-state index in [2.05, 4.69) is 26.0 Å². The Hall–Kier alpha value is -2.55. The number of benzene rings is 3. The molecule has 1 aliphatic heterocycles. The van der Waals surface area contributed by atoms with Gasteiger partial charge in [0.25, 0.3) is 7.37 Å². The average molecular weight is 422 g/mol. The Morgan fingerprint density at radius 3 is 2.50 bits per heavy atom. The number of rotatable bonds is 6. The number of fused-ring (bicyclic) bond motifs is 3. The van der Waals surface area contributed by atoms with Crippen molar-refractivity contribution in [3.05, 3.63) is 77.4 Å². The lowest BCUT2D eigenvalue weighted by Gasteiger charge is -2.30. The monoisotopic (exact) mass is 422 g/mol. The molecule has 156 valence electrons. The molecule has 0 saturated heterocycles. The minimum atomic E-state index is -3.28. The zero-order valence-corrected chi connectivity index (χ0v) is 18.5. The number of aliphatic hydroxyl groups excluding tert-OH is 1. The first-order valence-corrected chi connectivity index (χ1v) is 12.1. The molecule has 0 aromatic heterocycles. The molecule has 3 aromatic carbocycles. The standard InChI is InChI=1S/C25H27O4P/c1-4-19-14-17(2)13-18(3)25(19)28-15-20(26)16-30(27)24-12-8-6-10-22(24)21-9-5-7-11-23(21)29-30/h5-14,20,26H,4,15-16H2,1-3H3. The van der Waals surface area contributed by atoms with Crippen LogP contribution in [0.3, 0.4) is 0 Å². The van der Waals surface area contributed by atoms with Gasteiger partial charge in [0.05, 0.1) is 17.6 Å². The van der Waals surface area contributed by atoms with Crippen LogP contribution in [0.2, 0.25) is 0 Å². The Bertz CT molecular complexity index is 1120. The van der Waals surface area contributed by atoms with Crippen LogP contribution in [0.25, 0.3) is 11.1 Å². The zero-order valence-electron chi connectivity index (χ0n) is 17.6. The zero-order chi connectivity index (χ0) is 21.3. The number of para-hydroxylation sites is 1. The van der Waals surface area contributed by atoms with E-state index in [1.165, 1.54) is 5.56 Å². The smallest absolute Gasteiger partial charge is 0.280 e. The van der Waals surface area contributed by atoms with Gasteiger partial charge in [0, 0.05) is 5.56 Å². The molecule has 0 radical (unpaired) electrons. The maximum atomic E-state index is 13.8. The number of hydrogen-bond acceptors (Lipinski definition) is 4. The fourth-order valence-electron chi connectivity index (χ4n) is 4.13. The molecule has 0 bridgehead atoms. The summed E-state index contributed by atoms with van der Waals surface area (Å²) in [4.78, 5) is 0. The second-order valence-electron chi connectivity index (χ2n) is 7.85. The predicted octanol–water partition coefficient (Wildman–Crippen LogP) is 5.27. The SMILES string of the molecule is CCc1cc(C)cc(C)c1OCC(O)CP1(=O)Oc2ccccc2-c2ccccc21. The van der Waals surface area contributed by atoms with Crippen molar-refractivity contribution < 1.29 is 18.9 Å². The van der Waals surface area contributed by atoms with Crippen molar-refractivity contribution in [2.75, 3.05) is 12.8 Å². The van der Waals surface area contributed by atoms with Gasteiger partial charge >= 0.3 is 0 Å². The lowest BCUT2D eigenvalue weighted by molar-refractivity contribution is 0.122. The first-order chi connectivity index (χ1) is 14.4. The number of aliphatic hydroxyl groups is 1. The van der Waals surface area contributed by atoms with Crippen LogP contribution in [0, 0.1) is 13.8 Å². The molecule has 0 spiro atoms. The molecule has 2 atom stereocenters. The Labute approximate surface area is 177 Å². The predicted molar refractivity (Wildman–Crippen MR) is 121 cm³/mol. The Kier molecular flexibility index (Phi) is 5.73. The van der Waals surface area contributed by atoms with Crippen molar-refractivity contribution in [2.24, 2.45) is 0 Å². The van der Waals surface area contributed by atoms with E-state index in [1.807, 2.05) is 55.5 Å². The minimum Gasteiger partial charge on any atom is -0.490 e. The Balaban J connectivity index is 1.56. The van der Waals surface area contributed by atoms with Gasteiger partial charge in [-0.2, -0.15) is 0 Å². The summed E-state index contributed by atoms with van der Waals surface area (Å²) in [5, 5.41) is 11.4. The molecular weight excluding hydrogens is 395 g/mol. The normalized spacial score (nSPS) is 18.1. The topological polar surface area (TPSA) is 55.8 Å². The van der Waals surface area contributed by atoms with Crippen molar-refractivity contribution in [3.63, 3.8) is 0 Å². The molecule has 4 nitrogen and oxygen atoms in total. The van der Waals surface area contributed by atoms with Crippen molar-refractivity contribution in [3.8, 4) is 22.6 Å². The summed E-state index contributed by atoms with van der Waals surface area (Å²) in [6.45, 7) is 6.22. The first kappa shape index (κ1) is 20.7. The van der Waals surface area contributed by atoms with E-state index in [0.717, 1.165) is 34.4 Å². The molecule has 1 heterocycles. The quantitative estimate of drug-likeness (QED) is 0.550. The Morgan fingerprint density at radius 2 is 1.73 bits per heavy atom. The van der Waals surface area contributed by atoms with Crippen LogP contribution in [0.1, 0.15) is 23.6 Å². The second kappa shape index (κ2) is 8.29. The summed E-state index contributed by atoms with van der Waals surface area (Å²) in [6.07, 6.45) is -0.0655. The molecule has 1 aliphatic rings. The fraction of sp³-hybridized carbons (Fsp3) is 0.280. The van der Waals surface area contributed by atoms with Crippen molar-refractivity contribution in [1.82, 2.24) is 0 Å². The maximum Gasteiger partial charge on any atom is 0.280 e. The van der Waals surface area contributed by atoms with Gasteiger partial charge in [-0.15, -0.1) is 0 Å². The van der Waals surface area contributed by atoms with Gasteiger partial charge in [0.15, 0.2) is 0 Å². The van der Waals surface area contributed by atoms with Crippen LogP contribution >= 0.6 is 7.37 Å². The van der Waals surface area contributed by atoms with Gasteiger partial charge in [-0.3, -0.25) is 4.57 Å². The molecule has 0 fully saturated rings. The van der Waals surface area contributed by atoms with Gasteiger partial charge in [0.2, 0.25) is 0 Å². The van der Waals surface area contributed by atoms with Crippen molar-refractivity contribution in [2.45, 2.75) is 33.3 Å². The summed E-state index contributed by atoms with van der Waals surface area (Å²) in [5.41, 5.74) is 5.16. The van der Waals surface area contributed by atoms with E-state index >= 15 is 0 Å². The van der Waals surface area contributed by atoms with Gasteiger partial charge in [0.1, 0.15) is 18.1 Å². The number of aryl methyl sites for hydroxylation is 3. The van der Waals surface area contributed by atoms with Gasteiger partial charge in [-0.05, 0) is 49.1 Å². The Morgan fingerprint density at radius 1 is 1.03 bits per heavy atom. The van der Waals surface area contributed by atoms with Gasteiger partial charge < -0.3 is 14.4 Å². The first-order valence-electron chi connectivity index (χ1n) is 10.3. The van der Waals surface area contributed by atoms with Crippen LogP contribution < -0.4 is 14.6 Å². The molecule has 30 heavy (non-hydrogen) atoms. The third kappa shape index (κ3) is 3.90. The lowest BCUT2D eigenvalue weighted by Crippen LogP contribution is -2.29. The third-order valence-corrected chi connectivity index (χ3v) is 7.96. The van der Waals surface area contributed by atoms with Crippen LogP contribution in [-0.2, 0) is 11.0 Å². The van der Waals surface area contributed by atoms with Crippen LogP contribution in [0.4, 0.5) is 0 Å². The molecule has 4 rings (SSSR count). The fourth-order valence-corrected chi connectivity index (χ4v) is 6.51. The number of ether oxygens (including phenoxy) is 1. The van der Waals surface area contributed by atoms with E-state index in [4.69, 9.17) is 9.26 Å². The van der Waals surface area contributed by atoms with Crippen LogP contribution in [0.15, 0.2) is 60.7 Å². The van der Waals surface area contributed by atoms with Crippen LogP contribution in [0.5, 0.6) is 11.5 Å². The highest BCUT2D eigenvalue weighted by Gasteiger charge is 2.37. The third-order valence-electron chi connectivity index (χ3n) is 5.44. The number of hydrogen-bond donors (Lipinski definition) is 1. The molecule has 3 aromatic rings. The second-order valence-corrected chi connectivity index (χ2v) is 10.2. The van der Waals surface area contributed by atoms with E-state index in [1.54, 1.807) is 0 Å². The molecule has 5 heteroatoms. The van der Waals surface area contributed by atoms with E-state index < -0.39 is 13.5 Å². The van der Waals surface area contributed by atoms with Gasteiger partial charge in [-0.25, -0.2) is 0 Å². The summed E-state index contributed by atoms with van der Waals surface area (Å²) in [5.74, 6) is 1.39. The van der Waals surface area contributed by atoms with E-state index in [9.17, 15) is 9.67 Å². The highest BCUT2D eigenvalue weighted by atomic mass is 31.2. The van der Waals surface area contributed by atoms with E-state index in [0.29, 0.717) is 11.1 Å². The highest BCUT2D eigenvalue weighted by molar-refractivity contribution is 7.67. The van der Waals surface area contributed by atoms with Gasteiger partial charge in [-0.1, -0.05) is 61.0 Å². The lowest BCUT2D eigenvalue weighted by atomic mass is 10.0. The molecule has 0 amide bonds. The van der Waals surface area contributed by atoms with Crippen molar-refractivity contribution in [1.29, 1.82) is 0 Å². The maximum absolute atomic E-state index is 13.8. The minimum absolute atomic E-state index is 0.00468. The molecular formula is C25H27O4P. The molecule has 0 aliphatic carbocycles. The summed E-state index contributed by atoms with van der Waals surface area (Å²) in [7, 11) is -3.28. The average Bonchev–Trinajstić information content (AvgIpc) is 2.72. The molecule has 1 N–H and O–H groups in total. The largest absolute Gasteiger partial charge is 0.490 e. The van der Waals surface area contributed by atoms with Crippen LogP contribution in [-0.4, -0.2) is 24.0 Å².